The van der Waals surface area contributed by atoms with Crippen LogP contribution in [0.2, 0.25) is 10.0 Å². The van der Waals surface area contributed by atoms with Crippen LogP contribution in [0.4, 0.5) is 5.69 Å². The van der Waals surface area contributed by atoms with E-state index in [-0.39, 0.29) is 37.7 Å². The van der Waals surface area contributed by atoms with Gasteiger partial charge in [-0.05, 0) is 68.5 Å². The number of anilines is 1. The average Bonchev–Trinajstić information content (AvgIpc) is 2.82. The number of nitrogens with zero attached hydrogens (tertiary/aromatic N) is 2. The van der Waals surface area contributed by atoms with Crippen molar-refractivity contribution in [2.45, 2.75) is 66.0 Å². The van der Waals surface area contributed by atoms with E-state index in [1.807, 2.05) is 39.0 Å². The Bertz CT molecular complexity index is 1200. The second-order valence-corrected chi connectivity index (χ2v) is 12.1. The molecule has 2 amide bonds. The molecule has 2 rings (SSSR count). The molecule has 0 bridgehead atoms. The summed E-state index contributed by atoms with van der Waals surface area (Å²) in [5.74, 6) is -0.515. The van der Waals surface area contributed by atoms with Crippen molar-refractivity contribution in [3.05, 3.63) is 63.1 Å². The summed E-state index contributed by atoms with van der Waals surface area (Å²) in [6.07, 6.45) is 3.29. The lowest BCUT2D eigenvalue weighted by molar-refractivity contribution is -0.140. The van der Waals surface area contributed by atoms with Crippen LogP contribution < -0.4 is 9.62 Å². The van der Waals surface area contributed by atoms with Gasteiger partial charge in [0, 0.05) is 36.1 Å². The summed E-state index contributed by atoms with van der Waals surface area (Å²) in [5, 5.41) is 3.76. The Hall–Kier alpha value is -2.29. The van der Waals surface area contributed by atoms with E-state index < -0.39 is 16.1 Å². The highest BCUT2D eigenvalue weighted by Crippen LogP contribution is 2.26. The Balaban J connectivity index is 2.22. The fourth-order valence-corrected chi connectivity index (χ4v) is 5.41. The van der Waals surface area contributed by atoms with Gasteiger partial charge in [0.05, 0.1) is 11.9 Å². The molecule has 0 spiro atoms. The lowest BCUT2D eigenvalue weighted by Crippen LogP contribution is -2.48. The van der Waals surface area contributed by atoms with Gasteiger partial charge in [0.1, 0.15) is 6.04 Å². The van der Waals surface area contributed by atoms with Crippen LogP contribution in [-0.4, -0.2) is 50.5 Å². The minimum Gasteiger partial charge on any atom is -0.354 e. The van der Waals surface area contributed by atoms with E-state index in [2.05, 4.69) is 5.32 Å². The maximum Gasteiger partial charge on any atom is 0.242 e. The van der Waals surface area contributed by atoms with Crippen LogP contribution in [0, 0.1) is 13.8 Å². The first-order valence-electron chi connectivity index (χ1n) is 12.4. The van der Waals surface area contributed by atoms with Crippen LogP contribution in [0.1, 0.15) is 56.2 Å². The molecule has 0 fully saturated rings. The van der Waals surface area contributed by atoms with Crippen molar-refractivity contribution < 1.29 is 18.0 Å². The molecule has 1 atom stereocenters. The summed E-state index contributed by atoms with van der Waals surface area (Å²) in [5.41, 5.74) is 3.04. The first kappa shape index (κ1) is 30.9. The van der Waals surface area contributed by atoms with Gasteiger partial charge >= 0.3 is 0 Å². The normalized spacial score (nSPS) is 12.2. The van der Waals surface area contributed by atoms with Gasteiger partial charge in [0.15, 0.2) is 0 Å². The fraction of sp³-hybridized carbons (Fsp3) is 0.481. The Morgan fingerprint density at radius 2 is 1.76 bits per heavy atom. The molecule has 2 aromatic carbocycles. The first-order valence-corrected chi connectivity index (χ1v) is 15.0. The molecule has 37 heavy (non-hydrogen) atoms. The molecule has 0 saturated carbocycles. The summed E-state index contributed by atoms with van der Waals surface area (Å²) >= 11 is 12.4. The Morgan fingerprint density at radius 1 is 1.05 bits per heavy atom. The number of hydrogen-bond donors (Lipinski definition) is 1. The molecular weight excluding hydrogens is 533 g/mol. The topological polar surface area (TPSA) is 86.8 Å². The third-order valence-electron chi connectivity index (χ3n) is 6.14. The minimum atomic E-state index is -3.56. The molecule has 0 aliphatic rings. The highest BCUT2D eigenvalue weighted by atomic mass is 35.5. The number of halogens is 2. The van der Waals surface area contributed by atoms with Crippen molar-refractivity contribution in [3.8, 4) is 0 Å². The van der Waals surface area contributed by atoms with Crippen molar-refractivity contribution >= 4 is 50.7 Å². The van der Waals surface area contributed by atoms with Gasteiger partial charge in [-0.15, -0.1) is 0 Å². The number of benzene rings is 2. The van der Waals surface area contributed by atoms with E-state index >= 15 is 0 Å². The zero-order chi connectivity index (χ0) is 27.8. The van der Waals surface area contributed by atoms with E-state index in [1.165, 1.54) is 9.21 Å². The Labute approximate surface area is 231 Å². The maximum atomic E-state index is 13.4. The number of aryl methyl sites for hydroxylation is 2. The van der Waals surface area contributed by atoms with Crippen LogP contribution in [0.25, 0.3) is 0 Å². The number of amides is 2. The van der Waals surface area contributed by atoms with E-state index in [4.69, 9.17) is 23.2 Å². The molecule has 0 aliphatic carbocycles. The van der Waals surface area contributed by atoms with E-state index in [9.17, 15) is 18.0 Å². The average molecular weight is 571 g/mol. The highest BCUT2D eigenvalue weighted by molar-refractivity contribution is 7.92. The van der Waals surface area contributed by atoms with Crippen LogP contribution in [-0.2, 0) is 26.2 Å². The predicted octanol–water partition coefficient (Wildman–Crippen LogP) is 5.49. The molecule has 1 N–H and O–H groups in total. The van der Waals surface area contributed by atoms with Crippen molar-refractivity contribution in [3.63, 3.8) is 0 Å². The number of carbonyl (C=O) groups excluding carboxylic acids is 2. The lowest BCUT2D eigenvalue weighted by Gasteiger charge is -2.30. The molecule has 0 heterocycles. The second kappa shape index (κ2) is 14.0. The maximum absolute atomic E-state index is 13.4. The molecule has 0 unspecified atom stereocenters. The van der Waals surface area contributed by atoms with Crippen LogP contribution in [0.3, 0.4) is 0 Å². The number of nitrogens with one attached hydrogen (secondary N) is 1. The van der Waals surface area contributed by atoms with E-state index in [0.29, 0.717) is 27.8 Å². The summed E-state index contributed by atoms with van der Waals surface area (Å²) in [4.78, 5) is 27.7. The molecule has 0 radical (unpaired) electrons. The summed E-state index contributed by atoms with van der Waals surface area (Å²) in [6, 6.07) is 9.92. The SMILES string of the molecule is CCCCNC(=O)[C@@H](C)N(Cc1ccc(Cl)cc1Cl)C(=O)CCCN(c1cc(C)ccc1C)S(C)(=O)=O. The molecule has 0 aromatic heterocycles. The summed E-state index contributed by atoms with van der Waals surface area (Å²) in [6.45, 7) is 8.27. The standard InChI is InChI=1S/C27H37Cl2N3O4S/c1-6-7-14-30-27(34)21(4)31(18-22-12-13-23(28)17-24(22)29)26(33)9-8-15-32(37(5,35)36)25-16-19(2)10-11-20(25)3/h10-13,16-17,21H,6-9,14-15,18H2,1-5H3,(H,30,34)/t21-/m1/s1. The smallest absolute Gasteiger partial charge is 0.242 e. The van der Waals surface area contributed by atoms with Gasteiger partial charge in [-0.25, -0.2) is 8.42 Å². The molecule has 0 aliphatic heterocycles. The Kier molecular flexibility index (Phi) is 11.7. The van der Waals surface area contributed by atoms with Crippen molar-refractivity contribution in [2.24, 2.45) is 0 Å². The molecule has 0 saturated heterocycles. The minimum absolute atomic E-state index is 0.0642. The quantitative estimate of drug-likeness (QED) is 0.323. The molecule has 204 valence electrons. The van der Waals surface area contributed by atoms with Crippen LogP contribution in [0.15, 0.2) is 36.4 Å². The first-order chi connectivity index (χ1) is 17.3. The fourth-order valence-electron chi connectivity index (χ4n) is 3.92. The zero-order valence-corrected chi connectivity index (χ0v) is 24.5. The molecule has 2 aromatic rings. The largest absolute Gasteiger partial charge is 0.354 e. The van der Waals surface area contributed by atoms with E-state index in [1.54, 1.807) is 25.1 Å². The Morgan fingerprint density at radius 3 is 2.38 bits per heavy atom. The van der Waals surface area contributed by atoms with Crippen molar-refractivity contribution in [1.82, 2.24) is 10.2 Å². The number of unbranched alkanes of at least 4 members (excludes halogenated alkanes) is 1. The van der Waals surface area contributed by atoms with Gasteiger partial charge in [0.25, 0.3) is 0 Å². The lowest BCUT2D eigenvalue weighted by atomic mass is 10.1. The number of rotatable bonds is 13. The third kappa shape index (κ3) is 9.20. The van der Waals surface area contributed by atoms with Gasteiger partial charge in [-0.2, -0.15) is 0 Å². The monoisotopic (exact) mass is 569 g/mol. The zero-order valence-electron chi connectivity index (χ0n) is 22.2. The third-order valence-corrected chi connectivity index (χ3v) is 7.91. The van der Waals surface area contributed by atoms with E-state index in [0.717, 1.165) is 30.2 Å². The number of hydrogen-bond acceptors (Lipinski definition) is 4. The van der Waals surface area contributed by atoms with Crippen LogP contribution in [0.5, 0.6) is 0 Å². The van der Waals surface area contributed by atoms with Crippen molar-refractivity contribution in [1.29, 1.82) is 0 Å². The predicted molar refractivity (Wildman–Crippen MR) is 152 cm³/mol. The number of sulfonamides is 1. The van der Waals surface area contributed by atoms with Gasteiger partial charge < -0.3 is 10.2 Å². The summed E-state index contributed by atoms with van der Waals surface area (Å²) in [7, 11) is -3.56. The highest BCUT2D eigenvalue weighted by Gasteiger charge is 2.27. The molecular formula is C27H37Cl2N3O4S. The van der Waals surface area contributed by atoms with Gasteiger partial charge in [-0.3, -0.25) is 13.9 Å². The number of carbonyl (C=O) groups is 2. The van der Waals surface area contributed by atoms with Gasteiger partial charge in [0.2, 0.25) is 21.8 Å². The van der Waals surface area contributed by atoms with Crippen molar-refractivity contribution in [2.75, 3.05) is 23.7 Å². The van der Waals surface area contributed by atoms with Crippen LogP contribution >= 0.6 is 23.2 Å². The summed E-state index contributed by atoms with van der Waals surface area (Å²) < 4.78 is 26.5. The molecule has 10 heteroatoms. The second-order valence-electron chi connectivity index (χ2n) is 9.31. The van der Waals surface area contributed by atoms with Gasteiger partial charge in [-0.1, -0.05) is 54.7 Å². The molecule has 7 nitrogen and oxygen atoms in total.